The second-order valence-electron chi connectivity index (χ2n) is 7.96. The van der Waals surface area contributed by atoms with Gasteiger partial charge in [0.1, 0.15) is 0 Å². The molecule has 1 aromatic heterocycles. The average molecular weight is 449 g/mol. The maximum Gasteiger partial charge on any atom is 0.243 e. The summed E-state index contributed by atoms with van der Waals surface area (Å²) in [6, 6.07) is 5.17. The summed E-state index contributed by atoms with van der Waals surface area (Å²) in [7, 11) is -3.69. The van der Waals surface area contributed by atoms with Crippen LogP contribution in [0, 0.1) is 12.8 Å². The number of benzene rings is 1. The molecule has 1 aromatic carbocycles. The van der Waals surface area contributed by atoms with Crippen molar-refractivity contribution in [3.05, 3.63) is 29.7 Å². The lowest BCUT2D eigenvalue weighted by atomic mass is 9.96. The Bertz CT molecular complexity index is 1040. The first-order valence-corrected chi connectivity index (χ1v) is 12.1. The Hall–Kier alpha value is -2.30. The number of sulfonamides is 1. The highest BCUT2D eigenvalue weighted by molar-refractivity contribution is 7.89. The van der Waals surface area contributed by atoms with E-state index >= 15 is 0 Å². The molecule has 2 saturated heterocycles. The van der Waals surface area contributed by atoms with E-state index < -0.39 is 10.0 Å². The highest BCUT2D eigenvalue weighted by Gasteiger charge is 2.35. The molecule has 0 aliphatic carbocycles. The molecule has 1 amide bonds. The minimum atomic E-state index is -3.69. The van der Waals surface area contributed by atoms with Gasteiger partial charge in [-0.3, -0.25) is 4.79 Å². The number of carbonyl (C=O) groups is 1. The molecule has 2 fully saturated rings. The number of aryl methyl sites for hydroxylation is 2. The third kappa shape index (κ3) is 4.51. The molecule has 0 unspecified atom stereocenters. The van der Waals surface area contributed by atoms with Crippen LogP contribution in [0.15, 0.2) is 27.6 Å². The molecule has 2 aliphatic heterocycles. The normalized spacial score (nSPS) is 19.0. The van der Waals surface area contributed by atoms with Gasteiger partial charge in [0.05, 0.1) is 18.1 Å². The summed E-state index contributed by atoms with van der Waals surface area (Å²) in [6.45, 7) is 6.69. The number of carbonyl (C=O) groups excluding carboxylic acids is 1. The summed E-state index contributed by atoms with van der Waals surface area (Å²) in [4.78, 5) is 19.1. The standard InChI is InChI=1S/C21H28N4O5S/c1-3-19-22-20(23-30-19)17-5-4-15(2)18(14-17)31(27,28)25-8-6-16(7-9-25)21(26)24-10-12-29-13-11-24/h4-5,14,16H,3,6-13H2,1-2H3. The number of hydrogen-bond donors (Lipinski definition) is 0. The van der Waals surface area contributed by atoms with Crippen LogP contribution in [0.4, 0.5) is 0 Å². The van der Waals surface area contributed by atoms with Crippen molar-refractivity contribution in [1.29, 1.82) is 0 Å². The SMILES string of the molecule is CCc1nc(-c2ccc(C)c(S(=O)(=O)N3CCC(C(=O)N4CCOCC4)CC3)c2)no1. The molecule has 168 valence electrons. The van der Waals surface area contributed by atoms with Crippen molar-refractivity contribution in [2.45, 2.75) is 38.0 Å². The fourth-order valence-corrected chi connectivity index (χ4v) is 5.78. The molecule has 2 aromatic rings. The molecule has 0 radical (unpaired) electrons. The lowest BCUT2D eigenvalue weighted by Crippen LogP contribution is -2.47. The molecule has 9 nitrogen and oxygen atoms in total. The van der Waals surface area contributed by atoms with E-state index in [4.69, 9.17) is 9.26 Å². The van der Waals surface area contributed by atoms with Crippen LogP contribution >= 0.6 is 0 Å². The molecular formula is C21H28N4O5S. The maximum atomic E-state index is 13.4. The second-order valence-corrected chi connectivity index (χ2v) is 9.87. The summed E-state index contributed by atoms with van der Waals surface area (Å²) < 4.78 is 38.7. The highest BCUT2D eigenvalue weighted by atomic mass is 32.2. The zero-order chi connectivity index (χ0) is 22.0. The molecule has 2 aliphatic rings. The lowest BCUT2D eigenvalue weighted by Gasteiger charge is -2.35. The van der Waals surface area contributed by atoms with E-state index in [-0.39, 0.29) is 16.7 Å². The Morgan fingerprint density at radius 1 is 1.16 bits per heavy atom. The average Bonchev–Trinajstić information content (AvgIpc) is 3.29. The molecule has 10 heteroatoms. The molecule has 0 atom stereocenters. The monoisotopic (exact) mass is 448 g/mol. The number of rotatable bonds is 5. The molecule has 0 N–H and O–H groups in total. The highest BCUT2D eigenvalue weighted by Crippen LogP contribution is 2.29. The number of piperidine rings is 1. The number of aromatic nitrogens is 2. The van der Waals surface area contributed by atoms with Crippen LogP contribution in [-0.2, 0) is 26.0 Å². The predicted molar refractivity (Wildman–Crippen MR) is 113 cm³/mol. The zero-order valence-corrected chi connectivity index (χ0v) is 18.7. The van der Waals surface area contributed by atoms with Crippen molar-refractivity contribution < 1.29 is 22.5 Å². The summed E-state index contributed by atoms with van der Waals surface area (Å²) in [6.07, 6.45) is 1.67. The second kappa shape index (κ2) is 9.05. The zero-order valence-electron chi connectivity index (χ0n) is 17.9. The van der Waals surface area contributed by atoms with Crippen LogP contribution in [0.2, 0.25) is 0 Å². The maximum absolute atomic E-state index is 13.4. The van der Waals surface area contributed by atoms with Gasteiger partial charge in [0.2, 0.25) is 27.6 Å². The predicted octanol–water partition coefficient (Wildman–Crippen LogP) is 1.87. The van der Waals surface area contributed by atoms with E-state index in [0.717, 1.165) is 0 Å². The fraction of sp³-hybridized carbons (Fsp3) is 0.571. The number of morpholine rings is 1. The third-order valence-electron chi connectivity index (χ3n) is 5.96. The van der Waals surface area contributed by atoms with E-state index in [1.165, 1.54) is 4.31 Å². The van der Waals surface area contributed by atoms with E-state index in [0.29, 0.717) is 81.5 Å². The largest absolute Gasteiger partial charge is 0.378 e. The first-order valence-electron chi connectivity index (χ1n) is 10.7. The summed E-state index contributed by atoms with van der Waals surface area (Å²) in [5, 5.41) is 3.95. The third-order valence-corrected chi connectivity index (χ3v) is 8.00. The summed E-state index contributed by atoms with van der Waals surface area (Å²) >= 11 is 0. The molecule has 31 heavy (non-hydrogen) atoms. The van der Waals surface area contributed by atoms with Gasteiger partial charge < -0.3 is 14.2 Å². The Morgan fingerprint density at radius 3 is 2.52 bits per heavy atom. The van der Waals surface area contributed by atoms with Gasteiger partial charge in [0.15, 0.2) is 0 Å². The van der Waals surface area contributed by atoms with Gasteiger partial charge in [0.25, 0.3) is 0 Å². The fourth-order valence-electron chi connectivity index (χ4n) is 4.06. The van der Waals surface area contributed by atoms with E-state index in [9.17, 15) is 13.2 Å². The quantitative estimate of drug-likeness (QED) is 0.687. The van der Waals surface area contributed by atoms with Crippen molar-refractivity contribution in [2.24, 2.45) is 5.92 Å². The van der Waals surface area contributed by atoms with Crippen molar-refractivity contribution in [3.63, 3.8) is 0 Å². The van der Waals surface area contributed by atoms with Crippen LogP contribution in [0.1, 0.15) is 31.2 Å². The first-order chi connectivity index (χ1) is 14.9. The van der Waals surface area contributed by atoms with E-state index in [2.05, 4.69) is 10.1 Å². The Kier molecular flexibility index (Phi) is 6.40. The molecule has 3 heterocycles. The van der Waals surface area contributed by atoms with Crippen LogP contribution in [-0.4, -0.2) is 73.1 Å². The lowest BCUT2D eigenvalue weighted by molar-refractivity contribution is -0.140. The molecule has 0 saturated carbocycles. The van der Waals surface area contributed by atoms with Crippen molar-refractivity contribution in [3.8, 4) is 11.4 Å². The van der Waals surface area contributed by atoms with Crippen LogP contribution < -0.4 is 0 Å². The smallest absolute Gasteiger partial charge is 0.243 e. The Labute approximate surface area is 182 Å². The van der Waals surface area contributed by atoms with Gasteiger partial charge in [-0.15, -0.1) is 0 Å². The number of hydrogen-bond acceptors (Lipinski definition) is 7. The van der Waals surface area contributed by atoms with Gasteiger partial charge in [-0.25, -0.2) is 8.42 Å². The molecule has 4 rings (SSSR count). The minimum absolute atomic E-state index is 0.113. The van der Waals surface area contributed by atoms with E-state index in [1.807, 2.05) is 11.8 Å². The van der Waals surface area contributed by atoms with Crippen LogP contribution in [0.5, 0.6) is 0 Å². The van der Waals surface area contributed by atoms with Crippen molar-refractivity contribution in [2.75, 3.05) is 39.4 Å². The topological polar surface area (TPSA) is 106 Å². The Balaban J connectivity index is 1.49. The van der Waals surface area contributed by atoms with Crippen molar-refractivity contribution >= 4 is 15.9 Å². The van der Waals surface area contributed by atoms with E-state index in [1.54, 1.807) is 25.1 Å². The van der Waals surface area contributed by atoms with Gasteiger partial charge >= 0.3 is 0 Å². The van der Waals surface area contributed by atoms with Gasteiger partial charge in [-0.1, -0.05) is 24.2 Å². The Morgan fingerprint density at radius 2 is 1.87 bits per heavy atom. The summed E-state index contributed by atoms with van der Waals surface area (Å²) in [5.41, 5.74) is 1.26. The van der Waals surface area contributed by atoms with Gasteiger partial charge in [-0.05, 0) is 31.4 Å². The van der Waals surface area contributed by atoms with Crippen LogP contribution in [0.25, 0.3) is 11.4 Å². The van der Waals surface area contributed by atoms with Gasteiger partial charge in [-0.2, -0.15) is 9.29 Å². The number of amides is 1. The van der Waals surface area contributed by atoms with Crippen LogP contribution in [0.3, 0.4) is 0 Å². The molecule has 0 spiro atoms. The summed E-state index contributed by atoms with van der Waals surface area (Å²) in [5.74, 6) is 0.862. The molecular weight excluding hydrogens is 420 g/mol. The molecule has 0 bridgehead atoms. The first kappa shape index (κ1) is 21.9. The van der Waals surface area contributed by atoms with Crippen molar-refractivity contribution in [1.82, 2.24) is 19.3 Å². The minimum Gasteiger partial charge on any atom is -0.378 e. The van der Waals surface area contributed by atoms with Gasteiger partial charge in [0, 0.05) is 44.1 Å². The number of ether oxygens (including phenoxy) is 1. The number of nitrogens with zero attached hydrogens (tertiary/aromatic N) is 4.